The first-order chi connectivity index (χ1) is 9.40. The average molecular weight is 285 g/mol. The number of aliphatic hydroxyl groups excluding tert-OH is 3. The molecule has 0 spiro atoms. The molecule has 0 unspecified atom stereocenters. The van der Waals surface area contributed by atoms with Gasteiger partial charge in [-0.15, -0.1) is 0 Å². The molecule has 8 nitrogen and oxygen atoms in total. The number of ether oxygens (including phenoxy) is 1. The second kappa shape index (κ2) is 5.92. The summed E-state index contributed by atoms with van der Waals surface area (Å²) in [5.41, 5.74) is 1.06. The molecule has 0 radical (unpaired) electrons. The molecule has 1 heterocycles. The summed E-state index contributed by atoms with van der Waals surface area (Å²) >= 11 is 0. The van der Waals surface area contributed by atoms with E-state index in [1.807, 2.05) is 0 Å². The molecular weight excluding hydrogens is 268 g/mol. The zero-order valence-corrected chi connectivity index (χ0v) is 10.8. The minimum Gasteiger partial charge on any atom is -0.733 e. The van der Waals surface area contributed by atoms with Gasteiger partial charge in [0.1, 0.15) is 18.3 Å². The third-order valence-electron chi connectivity index (χ3n) is 3.23. The molecule has 5 N–H and O–H groups in total. The summed E-state index contributed by atoms with van der Waals surface area (Å²) in [5.74, 6) is 0. The van der Waals surface area contributed by atoms with Crippen molar-refractivity contribution in [3.8, 4) is 0 Å². The first-order valence-corrected chi connectivity index (χ1v) is 6.09. The molecule has 0 aromatic heterocycles. The van der Waals surface area contributed by atoms with E-state index < -0.39 is 24.5 Å². The summed E-state index contributed by atoms with van der Waals surface area (Å²) < 4.78 is 5.18. The summed E-state index contributed by atoms with van der Waals surface area (Å²) in [5, 5.41) is 51.1. The molecule has 2 rings (SSSR count). The van der Waals surface area contributed by atoms with Crippen LogP contribution in [-0.4, -0.2) is 51.7 Å². The number of nitrogens with one attached hydrogen (secondary N) is 1. The highest BCUT2D eigenvalue weighted by Crippen LogP contribution is 2.25. The van der Waals surface area contributed by atoms with Crippen LogP contribution in [0, 0.1) is 12.1 Å². The molecule has 1 aliphatic rings. The van der Waals surface area contributed by atoms with Crippen molar-refractivity contribution in [1.29, 1.82) is 0 Å². The minimum absolute atomic E-state index is 0.0564. The van der Waals surface area contributed by atoms with Gasteiger partial charge in [0.15, 0.2) is 6.23 Å². The lowest BCUT2D eigenvalue weighted by Gasteiger charge is -2.36. The van der Waals surface area contributed by atoms with E-state index in [1.165, 1.54) is 6.07 Å². The topological polar surface area (TPSA) is 128 Å². The van der Waals surface area contributed by atoms with E-state index >= 15 is 0 Å². The van der Waals surface area contributed by atoms with E-state index in [0.717, 1.165) is 0 Å². The Hall–Kier alpha value is -1.42. The van der Waals surface area contributed by atoms with Crippen LogP contribution in [0.15, 0.2) is 18.2 Å². The van der Waals surface area contributed by atoms with Crippen LogP contribution in [0.25, 0.3) is 0 Å². The SMILES string of the molecule is Cc1ccc(N[C@@H]2OC[C@@H](O)[C@@H](O)[C@@H]2O)cc1N([O-])O. The summed E-state index contributed by atoms with van der Waals surface area (Å²) in [6.07, 6.45) is -4.71. The smallest absolute Gasteiger partial charge is 0.156 e. The number of aliphatic hydroxyl groups is 3. The number of rotatable bonds is 3. The zero-order chi connectivity index (χ0) is 14.9. The highest BCUT2D eigenvalue weighted by Gasteiger charge is 2.37. The Bertz CT molecular complexity index is 469. The van der Waals surface area contributed by atoms with Crippen molar-refractivity contribution in [1.82, 2.24) is 0 Å². The molecule has 1 saturated heterocycles. The number of hydrogen-bond donors (Lipinski definition) is 5. The zero-order valence-electron chi connectivity index (χ0n) is 10.8. The van der Waals surface area contributed by atoms with Crippen molar-refractivity contribution in [2.45, 2.75) is 31.5 Å². The van der Waals surface area contributed by atoms with Crippen LogP contribution >= 0.6 is 0 Å². The summed E-state index contributed by atoms with van der Waals surface area (Å²) in [4.78, 5) is 0. The fourth-order valence-corrected chi connectivity index (χ4v) is 2.00. The maximum atomic E-state index is 11.0. The molecule has 4 atom stereocenters. The third-order valence-corrected chi connectivity index (χ3v) is 3.23. The van der Waals surface area contributed by atoms with Crippen molar-refractivity contribution in [3.63, 3.8) is 0 Å². The predicted octanol–water partition coefficient (Wildman–Crippen LogP) is -0.461. The van der Waals surface area contributed by atoms with Crippen molar-refractivity contribution in [2.24, 2.45) is 0 Å². The molecule has 112 valence electrons. The van der Waals surface area contributed by atoms with Crippen molar-refractivity contribution < 1.29 is 25.3 Å². The molecule has 0 saturated carbocycles. The van der Waals surface area contributed by atoms with Crippen molar-refractivity contribution in [2.75, 3.05) is 17.2 Å². The van der Waals surface area contributed by atoms with Crippen LogP contribution < -0.4 is 10.5 Å². The Balaban J connectivity index is 2.12. The molecule has 0 bridgehead atoms. The highest BCUT2D eigenvalue weighted by atomic mass is 16.8. The summed E-state index contributed by atoms with van der Waals surface area (Å²) in [6.45, 7) is 1.54. The van der Waals surface area contributed by atoms with Gasteiger partial charge in [0.2, 0.25) is 0 Å². The lowest BCUT2D eigenvalue weighted by molar-refractivity contribution is -0.178. The number of anilines is 2. The Morgan fingerprint density at radius 3 is 2.65 bits per heavy atom. The summed E-state index contributed by atoms with van der Waals surface area (Å²) in [7, 11) is 0. The Labute approximate surface area is 115 Å². The van der Waals surface area contributed by atoms with Crippen LogP contribution in [0.5, 0.6) is 0 Å². The van der Waals surface area contributed by atoms with Crippen LogP contribution in [0.3, 0.4) is 0 Å². The maximum absolute atomic E-state index is 11.0. The fourth-order valence-electron chi connectivity index (χ4n) is 2.00. The molecule has 1 aromatic rings. The first kappa shape index (κ1) is 15.0. The van der Waals surface area contributed by atoms with Gasteiger partial charge in [-0.05, 0) is 24.6 Å². The number of hydrogen-bond acceptors (Lipinski definition) is 8. The van der Waals surface area contributed by atoms with Crippen LogP contribution in [0.2, 0.25) is 0 Å². The first-order valence-electron chi connectivity index (χ1n) is 6.09. The monoisotopic (exact) mass is 285 g/mol. The van der Waals surface area contributed by atoms with Gasteiger partial charge in [-0.25, -0.2) is 0 Å². The van der Waals surface area contributed by atoms with E-state index in [0.29, 0.717) is 11.3 Å². The number of benzene rings is 1. The number of aryl methyl sites for hydroxylation is 1. The van der Waals surface area contributed by atoms with E-state index in [-0.39, 0.29) is 17.5 Å². The van der Waals surface area contributed by atoms with Crippen LogP contribution in [-0.2, 0) is 4.74 Å². The second-order valence-electron chi connectivity index (χ2n) is 4.72. The molecule has 0 amide bonds. The average Bonchev–Trinajstić information content (AvgIpc) is 2.41. The minimum atomic E-state index is -1.32. The van der Waals surface area contributed by atoms with E-state index in [1.54, 1.807) is 19.1 Å². The molecule has 0 aliphatic carbocycles. The Morgan fingerprint density at radius 1 is 1.30 bits per heavy atom. The largest absolute Gasteiger partial charge is 0.733 e. The lowest BCUT2D eigenvalue weighted by Crippen LogP contribution is -2.55. The van der Waals surface area contributed by atoms with Gasteiger partial charge in [-0.3, -0.25) is 5.21 Å². The molecule has 8 heteroatoms. The standard InChI is InChI=1S/C12H17N2O6/c1-6-2-3-7(4-8(6)14(18)19)13-12-11(17)10(16)9(15)5-20-12/h2-4,9-13,15-18H,5H2,1H3/q-1/t9-,10-,11+,12-/m1/s1. The van der Waals surface area contributed by atoms with Gasteiger partial charge in [-0.2, -0.15) is 0 Å². The molecule has 1 aromatic carbocycles. The van der Waals surface area contributed by atoms with Crippen molar-refractivity contribution in [3.05, 3.63) is 29.0 Å². The van der Waals surface area contributed by atoms with Gasteiger partial charge in [0, 0.05) is 5.69 Å². The number of nitrogens with zero attached hydrogens (tertiary/aromatic N) is 1. The molecule has 1 aliphatic heterocycles. The predicted molar refractivity (Wildman–Crippen MR) is 70.2 cm³/mol. The normalized spacial score (nSPS) is 30.1. The maximum Gasteiger partial charge on any atom is 0.156 e. The van der Waals surface area contributed by atoms with Gasteiger partial charge in [0.05, 0.1) is 12.3 Å². The molecule has 1 fully saturated rings. The molecular formula is C12H17N2O6-. The van der Waals surface area contributed by atoms with Crippen molar-refractivity contribution >= 4 is 11.4 Å². The fraction of sp³-hybridized carbons (Fsp3) is 0.500. The lowest BCUT2D eigenvalue weighted by atomic mass is 10.0. The van der Waals surface area contributed by atoms with E-state index in [9.17, 15) is 20.5 Å². The third kappa shape index (κ3) is 3.01. The second-order valence-corrected chi connectivity index (χ2v) is 4.72. The van der Waals surface area contributed by atoms with Crippen LogP contribution in [0.1, 0.15) is 5.56 Å². The summed E-state index contributed by atoms with van der Waals surface area (Å²) in [6, 6.07) is 4.63. The Kier molecular flexibility index (Phi) is 4.43. The molecule has 20 heavy (non-hydrogen) atoms. The quantitative estimate of drug-likeness (QED) is 0.472. The van der Waals surface area contributed by atoms with Gasteiger partial charge in [0.25, 0.3) is 0 Å². The highest BCUT2D eigenvalue weighted by molar-refractivity contribution is 5.61. The van der Waals surface area contributed by atoms with Crippen LogP contribution in [0.4, 0.5) is 11.4 Å². The van der Waals surface area contributed by atoms with Gasteiger partial charge >= 0.3 is 0 Å². The Morgan fingerprint density at radius 2 is 2.00 bits per heavy atom. The van der Waals surface area contributed by atoms with E-state index in [4.69, 9.17) is 9.94 Å². The van der Waals surface area contributed by atoms with Gasteiger partial charge < -0.3 is 35.8 Å². The van der Waals surface area contributed by atoms with E-state index in [2.05, 4.69) is 5.32 Å². The van der Waals surface area contributed by atoms with Gasteiger partial charge in [-0.1, -0.05) is 6.07 Å².